The molecule has 6 aromatic carbocycles. The Labute approximate surface area is 650 Å². The molecule has 596 valence electrons. The Bertz CT molecular complexity index is 4820. The molecule has 3 unspecified atom stereocenters. The van der Waals surface area contributed by atoms with Crippen LogP contribution >= 0.6 is 11.8 Å². The second kappa shape index (κ2) is 38.3. The number of fused-ring (bicyclic) bond motifs is 3. The van der Waals surface area contributed by atoms with E-state index in [2.05, 4.69) is 38.7 Å². The molecule has 111 heavy (non-hydrogen) atoms. The molecule has 0 amide bonds. The highest BCUT2D eigenvalue weighted by Crippen LogP contribution is 2.47. The lowest BCUT2D eigenvalue weighted by atomic mass is 9.98. The molecule has 0 N–H and O–H groups in total. The molecule has 2 fully saturated rings. The minimum atomic E-state index is -2.71. The SMILES string of the molecule is CC(=O)c1c(OCCN2CCCC(F)(F)C2)c(OCCC(C)c2ccc(F)cc2)c2oc(C(C)C)nc2c1C.CC(=O)c1c(OCCN2CCSCC2)c(OCCC(C)c2ccc(F)cc2)c2oc(C)nc2c1C.CC(=O)c1c(OCCn2ccnc2C)c(OCCC(C)c2ccc(F)cc2)c2oc(C(C)C)nc2c1C. The van der Waals surface area contributed by atoms with Crippen molar-refractivity contribution in [2.24, 2.45) is 0 Å². The Kier molecular flexibility index (Phi) is 29.0. The summed E-state index contributed by atoms with van der Waals surface area (Å²) in [6.07, 6.45) is 5.94. The minimum Gasteiger partial charge on any atom is -0.487 e. The van der Waals surface area contributed by atoms with Crippen molar-refractivity contribution in [3.8, 4) is 34.5 Å². The lowest BCUT2D eigenvalue weighted by Crippen LogP contribution is -2.44. The number of halogens is 5. The molecule has 19 nitrogen and oxygen atoms in total. The first-order valence-corrected chi connectivity index (χ1v) is 39.5. The van der Waals surface area contributed by atoms with Crippen LogP contribution in [0.2, 0.25) is 0 Å². The Morgan fingerprint density at radius 1 is 0.477 bits per heavy atom. The number of imidazole rings is 1. The molecular weight excluding hydrogens is 1450 g/mol. The van der Waals surface area contributed by atoms with Crippen LogP contribution in [0, 0.1) is 52.1 Å². The average Bonchev–Trinajstić information content (AvgIpc) is 1.68. The lowest BCUT2D eigenvalue weighted by molar-refractivity contribution is -0.0657. The first-order valence-electron chi connectivity index (χ1n) is 38.3. The van der Waals surface area contributed by atoms with Crippen molar-refractivity contribution >= 4 is 62.4 Å². The number of likely N-dealkylation sites (tertiary alicyclic amines) is 1. The summed E-state index contributed by atoms with van der Waals surface area (Å²) in [4.78, 5) is 60.5. The molecule has 6 heterocycles. The summed E-state index contributed by atoms with van der Waals surface area (Å²) in [7, 11) is 0. The molecule has 0 aliphatic carbocycles. The number of ketones is 3. The van der Waals surface area contributed by atoms with E-state index in [1.165, 1.54) is 57.2 Å². The minimum absolute atomic E-state index is 0.00839. The quantitative estimate of drug-likeness (QED) is 0.0283. The molecule has 2 saturated heterocycles. The number of alkyl halides is 2. The fourth-order valence-corrected chi connectivity index (χ4v) is 14.8. The van der Waals surface area contributed by atoms with Gasteiger partial charge in [-0.05, 0) is 168 Å². The van der Waals surface area contributed by atoms with Gasteiger partial charge in [0.15, 0.2) is 52.3 Å². The number of hydrogen-bond acceptors (Lipinski definition) is 19. The van der Waals surface area contributed by atoms with Crippen LogP contribution in [0.5, 0.6) is 34.5 Å². The molecule has 4 aromatic heterocycles. The van der Waals surface area contributed by atoms with Crippen LogP contribution in [0.25, 0.3) is 33.3 Å². The van der Waals surface area contributed by atoms with Crippen LogP contribution in [0.1, 0.15) is 219 Å². The van der Waals surface area contributed by atoms with E-state index in [0.29, 0.717) is 174 Å². The van der Waals surface area contributed by atoms with Gasteiger partial charge in [0.1, 0.15) is 59.6 Å². The Balaban J connectivity index is 0.000000177. The predicted octanol–water partition coefficient (Wildman–Crippen LogP) is 19.8. The number of Topliss-reactive ketones (excluding diaryl/α,β-unsaturated/α-hetero) is 3. The van der Waals surface area contributed by atoms with Gasteiger partial charge in [0.25, 0.3) is 5.92 Å². The van der Waals surface area contributed by atoms with Crippen molar-refractivity contribution in [3.63, 3.8) is 0 Å². The standard InChI is InChI=1S/C30H37F3N2O4.C29H34FN3O4.C27H33FN2O4S/c1-18(2)29-34-25-20(4)24(21(5)36)26(38-16-14-35-13-6-12-30(32,33)17-35)28(27(25)39-29)37-15-11-19(3)22-7-9-23(31)10-8-22;1-17(2)29-32-25-19(4)24(20(5)34)26(36-16-14-33-13-12-31-21(33)6)28(27(25)37-29)35-15-11-18(3)22-7-9-23(30)10-8-22;1-17(21-5-7-22(28)8-6-21)9-13-32-27-25(33-14-10-30-11-15-35-16-12-30)23(19(3)31)18(2)24-26(27)34-20(4)29-24/h7-10,18-19H,6,11-17H2,1-5H3;7-10,12-13,17-18H,11,14-16H2,1-6H3;5-8,17H,9-16H2,1-4H3. The number of carbonyl (C=O) groups excluding carboxylic acids is 3. The Hall–Kier alpha value is -9.33. The maximum absolute atomic E-state index is 13.9. The molecule has 2 aliphatic heterocycles. The number of nitrogens with zero attached hydrogens (tertiary/aromatic N) is 7. The van der Waals surface area contributed by atoms with Gasteiger partial charge in [0, 0.05) is 75.3 Å². The van der Waals surface area contributed by atoms with Crippen LogP contribution < -0.4 is 28.4 Å². The monoisotopic (exact) mass is 1550 g/mol. The van der Waals surface area contributed by atoms with E-state index >= 15 is 0 Å². The highest BCUT2D eigenvalue weighted by atomic mass is 32.2. The number of thioether (sulfide) groups is 1. The summed E-state index contributed by atoms with van der Waals surface area (Å²) in [5, 5.41) is 0. The summed E-state index contributed by atoms with van der Waals surface area (Å²) in [6, 6.07) is 19.4. The van der Waals surface area contributed by atoms with E-state index in [9.17, 15) is 36.3 Å². The summed E-state index contributed by atoms with van der Waals surface area (Å²) >= 11 is 1.97. The van der Waals surface area contributed by atoms with Gasteiger partial charge in [-0.1, -0.05) is 84.9 Å². The van der Waals surface area contributed by atoms with Crippen molar-refractivity contribution < 1.29 is 78.0 Å². The van der Waals surface area contributed by atoms with Gasteiger partial charge in [-0.3, -0.25) is 24.2 Å². The van der Waals surface area contributed by atoms with Crippen LogP contribution in [-0.4, -0.2) is 148 Å². The maximum Gasteiger partial charge on any atom is 0.260 e. The van der Waals surface area contributed by atoms with Crippen LogP contribution in [0.4, 0.5) is 22.0 Å². The van der Waals surface area contributed by atoms with Gasteiger partial charge in [0.2, 0.25) is 34.0 Å². The molecule has 10 aromatic rings. The smallest absolute Gasteiger partial charge is 0.260 e. The summed E-state index contributed by atoms with van der Waals surface area (Å²) in [5.74, 6) is 3.39. The zero-order valence-corrected chi connectivity index (χ0v) is 67.3. The molecule has 0 saturated carbocycles. The van der Waals surface area contributed by atoms with E-state index in [0.717, 1.165) is 59.2 Å². The lowest BCUT2D eigenvalue weighted by Gasteiger charge is -2.32. The fraction of sp³-hybridized carbons (Fsp3) is 0.477. The number of ether oxygens (including phenoxy) is 6. The molecule has 2 aliphatic rings. The molecule has 12 rings (SSSR count). The van der Waals surface area contributed by atoms with Gasteiger partial charge in [-0.15, -0.1) is 0 Å². The van der Waals surface area contributed by atoms with Crippen molar-refractivity contribution in [3.05, 3.63) is 176 Å². The van der Waals surface area contributed by atoms with Gasteiger partial charge in [-0.25, -0.2) is 41.9 Å². The average molecular weight is 1550 g/mol. The van der Waals surface area contributed by atoms with Crippen LogP contribution in [0.15, 0.2) is 98.4 Å². The normalized spacial score (nSPS) is 14.8. The third kappa shape index (κ3) is 21.3. The van der Waals surface area contributed by atoms with E-state index < -0.39 is 5.92 Å². The van der Waals surface area contributed by atoms with Crippen LogP contribution in [0.3, 0.4) is 0 Å². The molecule has 0 bridgehead atoms. The first-order chi connectivity index (χ1) is 53.0. The number of hydrogen-bond donors (Lipinski definition) is 0. The second-order valence-corrected chi connectivity index (χ2v) is 30.7. The maximum atomic E-state index is 13.9. The zero-order valence-electron chi connectivity index (χ0n) is 66.4. The number of oxazole rings is 3. The largest absolute Gasteiger partial charge is 0.487 e. The van der Waals surface area contributed by atoms with E-state index in [1.54, 1.807) is 61.3 Å². The van der Waals surface area contributed by atoms with E-state index in [1.807, 2.05) is 77.9 Å². The number of piperidine rings is 1. The Morgan fingerprint density at radius 2 is 0.838 bits per heavy atom. The molecule has 0 radical (unpaired) electrons. The third-order valence-electron chi connectivity index (χ3n) is 20.3. The molecule has 3 atom stereocenters. The first kappa shape index (κ1) is 84.1. The van der Waals surface area contributed by atoms with E-state index in [4.69, 9.17) is 41.7 Å². The van der Waals surface area contributed by atoms with Crippen LogP contribution in [-0.2, 0) is 6.54 Å². The number of rotatable bonds is 32. The van der Waals surface area contributed by atoms with Crippen molar-refractivity contribution in [1.29, 1.82) is 0 Å². The van der Waals surface area contributed by atoms with Crippen molar-refractivity contribution in [2.75, 3.05) is 90.4 Å². The number of aryl methyl sites for hydroxylation is 5. The molecular formula is C86H104F5N7O12S. The topological polar surface area (TPSA) is 209 Å². The summed E-state index contributed by atoms with van der Waals surface area (Å²) < 4.78 is 125. The third-order valence-corrected chi connectivity index (χ3v) is 21.2. The predicted molar refractivity (Wildman–Crippen MR) is 422 cm³/mol. The molecule has 0 spiro atoms. The van der Waals surface area contributed by atoms with Crippen molar-refractivity contribution in [2.45, 2.75) is 178 Å². The van der Waals surface area contributed by atoms with Gasteiger partial charge < -0.3 is 46.2 Å². The Morgan fingerprint density at radius 3 is 1.20 bits per heavy atom. The van der Waals surface area contributed by atoms with Gasteiger partial charge >= 0.3 is 0 Å². The summed E-state index contributed by atoms with van der Waals surface area (Å²) in [5.41, 5.74) is 9.54. The highest BCUT2D eigenvalue weighted by molar-refractivity contribution is 7.99. The van der Waals surface area contributed by atoms with E-state index in [-0.39, 0.29) is 102 Å². The fourth-order valence-electron chi connectivity index (χ4n) is 13.8. The van der Waals surface area contributed by atoms with Gasteiger partial charge in [-0.2, -0.15) is 11.8 Å². The second-order valence-electron chi connectivity index (χ2n) is 29.5. The van der Waals surface area contributed by atoms with Gasteiger partial charge in [0.05, 0.1) is 49.6 Å². The van der Waals surface area contributed by atoms with Crippen molar-refractivity contribution in [1.82, 2.24) is 34.3 Å². The summed E-state index contributed by atoms with van der Waals surface area (Å²) in [6.45, 7) is 33.7. The number of aromatic nitrogens is 5. The number of carbonyl (C=O) groups is 3. The zero-order chi connectivity index (χ0) is 80.0. The highest BCUT2D eigenvalue weighted by Gasteiger charge is 2.36. The number of benzene rings is 6. The molecule has 25 heteroatoms.